The molecule has 3 rings (SSSR count). The Morgan fingerprint density at radius 1 is 1.10 bits per heavy atom. The van der Waals surface area contributed by atoms with Crippen LogP contribution in [0.3, 0.4) is 0 Å². The molecule has 102 valence electrons. The Morgan fingerprint density at radius 2 is 1.95 bits per heavy atom. The van der Waals surface area contributed by atoms with Crippen LogP contribution in [0, 0.1) is 0 Å². The summed E-state index contributed by atoms with van der Waals surface area (Å²) >= 11 is 0. The van der Waals surface area contributed by atoms with E-state index in [4.69, 9.17) is 0 Å². The van der Waals surface area contributed by atoms with Crippen LogP contribution in [0.5, 0.6) is 0 Å². The molecule has 0 spiro atoms. The topological polar surface area (TPSA) is 29.9 Å². The van der Waals surface area contributed by atoms with Gasteiger partial charge in [0.15, 0.2) is 0 Å². The molecule has 0 saturated carbocycles. The molecule has 0 aliphatic rings. The maximum atomic E-state index is 4.32. The predicted molar refractivity (Wildman–Crippen MR) is 82.6 cm³/mol. The fraction of sp³-hybridized carbons (Fsp3) is 0.235. The van der Waals surface area contributed by atoms with Crippen molar-refractivity contribution in [1.29, 1.82) is 0 Å². The summed E-state index contributed by atoms with van der Waals surface area (Å²) in [7, 11) is 0. The summed E-state index contributed by atoms with van der Waals surface area (Å²) in [4.78, 5) is 0. The molecule has 0 aliphatic heterocycles. The summed E-state index contributed by atoms with van der Waals surface area (Å²) in [6.07, 6.45) is 3.83. The van der Waals surface area contributed by atoms with E-state index in [1.165, 1.54) is 16.3 Å². The molecule has 3 aromatic rings. The number of nitrogens with zero attached hydrogens (tertiary/aromatic N) is 2. The molecule has 3 nitrogen and oxygen atoms in total. The van der Waals surface area contributed by atoms with E-state index < -0.39 is 0 Å². The molecule has 2 aromatic carbocycles. The first-order valence-electron chi connectivity index (χ1n) is 7.07. The van der Waals surface area contributed by atoms with Crippen molar-refractivity contribution in [3.8, 4) is 0 Å². The van der Waals surface area contributed by atoms with Gasteiger partial charge in [-0.15, -0.1) is 0 Å². The highest BCUT2D eigenvalue weighted by molar-refractivity contribution is 5.86. The van der Waals surface area contributed by atoms with Gasteiger partial charge in [-0.25, -0.2) is 0 Å². The van der Waals surface area contributed by atoms with Gasteiger partial charge in [0.05, 0.1) is 12.6 Å². The second kappa shape index (κ2) is 5.88. The van der Waals surface area contributed by atoms with Crippen LogP contribution in [-0.2, 0) is 6.54 Å². The molecular weight excluding hydrogens is 246 g/mol. The molecule has 0 saturated heterocycles. The SMILES string of the molecule is CCNC(Cn1cccn1)c1cccc2ccccc12. The van der Waals surface area contributed by atoms with Gasteiger partial charge in [0.25, 0.3) is 0 Å². The van der Waals surface area contributed by atoms with Crippen LogP contribution in [-0.4, -0.2) is 16.3 Å². The molecule has 1 heterocycles. The van der Waals surface area contributed by atoms with E-state index in [-0.39, 0.29) is 6.04 Å². The smallest absolute Gasteiger partial charge is 0.0604 e. The monoisotopic (exact) mass is 265 g/mol. The summed E-state index contributed by atoms with van der Waals surface area (Å²) in [5.41, 5.74) is 1.33. The number of nitrogens with one attached hydrogen (secondary N) is 1. The average Bonchev–Trinajstić information content (AvgIpc) is 2.99. The molecule has 1 unspecified atom stereocenters. The first kappa shape index (κ1) is 12.9. The highest BCUT2D eigenvalue weighted by Gasteiger charge is 2.13. The Balaban J connectivity index is 2.00. The fourth-order valence-corrected chi connectivity index (χ4v) is 2.67. The summed E-state index contributed by atoms with van der Waals surface area (Å²) in [6.45, 7) is 3.92. The molecule has 0 fully saturated rings. The normalized spacial score (nSPS) is 12.7. The number of aromatic nitrogens is 2. The van der Waals surface area contributed by atoms with E-state index >= 15 is 0 Å². The molecule has 3 heteroatoms. The van der Waals surface area contributed by atoms with Crippen molar-refractivity contribution < 1.29 is 0 Å². The first-order chi connectivity index (χ1) is 9.88. The predicted octanol–water partition coefficient (Wildman–Crippen LogP) is 3.39. The Bertz CT molecular complexity index is 668. The minimum Gasteiger partial charge on any atom is -0.309 e. The zero-order chi connectivity index (χ0) is 13.8. The number of rotatable bonds is 5. The Morgan fingerprint density at radius 3 is 2.75 bits per heavy atom. The van der Waals surface area contributed by atoms with Crippen molar-refractivity contribution in [3.05, 3.63) is 66.5 Å². The van der Waals surface area contributed by atoms with Crippen molar-refractivity contribution in [3.63, 3.8) is 0 Å². The summed E-state index contributed by atoms with van der Waals surface area (Å²) < 4.78 is 1.98. The summed E-state index contributed by atoms with van der Waals surface area (Å²) in [5, 5.41) is 10.5. The van der Waals surface area contributed by atoms with Crippen molar-refractivity contribution in [1.82, 2.24) is 15.1 Å². The fourth-order valence-electron chi connectivity index (χ4n) is 2.67. The lowest BCUT2D eigenvalue weighted by atomic mass is 9.98. The van der Waals surface area contributed by atoms with E-state index in [0.29, 0.717) is 0 Å². The van der Waals surface area contributed by atoms with Crippen LogP contribution in [0.4, 0.5) is 0 Å². The van der Waals surface area contributed by atoms with Gasteiger partial charge in [-0.2, -0.15) is 5.10 Å². The minimum absolute atomic E-state index is 0.269. The first-order valence-corrected chi connectivity index (χ1v) is 7.07. The van der Waals surface area contributed by atoms with E-state index in [1.807, 2.05) is 23.1 Å². The average molecular weight is 265 g/mol. The molecule has 0 aliphatic carbocycles. The van der Waals surface area contributed by atoms with Crippen molar-refractivity contribution >= 4 is 10.8 Å². The van der Waals surface area contributed by atoms with Gasteiger partial charge in [0.2, 0.25) is 0 Å². The zero-order valence-electron chi connectivity index (χ0n) is 11.7. The van der Waals surface area contributed by atoms with Crippen LogP contribution >= 0.6 is 0 Å². The second-order valence-electron chi connectivity index (χ2n) is 4.91. The molecule has 0 bridgehead atoms. The van der Waals surface area contributed by atoms with Gasteiger partial charge >= 0.3 is 0 Å². The lowest BCUT2D eigenvalue weighted by molar-refractivity contribution is 0.450. The lowest BCUT2D eigenvalue weighted by Crippen LogP contribution is -2.25. The third-order valence-corrected chi connectivity index (χ3v) is 3.58. The second-order valence-corrected chi connectivity index (χ2v) is 4.91. The molecule has 0 radical (unpaired) electrons. The van der Waals surface area contributed by atoms with Crippen LogP contribution in [0.25, 0.3) is 10.8 Å². The van der Waals surface area contributed by atoms with Crippen LogP contribution < -0.4 is 5.32 Å². The third kappa shape index (κ3) is 2.58. The van der Waals surface area contributed by atoms with E-state index in [9.17, 15) is 0 Å². The van der Waals surface area contributed by atoms with Gasteiger partial charge in [0.1, 0.15) is 0 Å². The maximum absolute atomic E-state index is 4.32. The van der Waals surface area contributed by atoms with Gasteiger partial charge in [-0.3, -0.25) is 4.68 Å². The number of hydrogen-bond acceptors (Lipinski definition) is 2. The van der Waals surface area contributed by atoms with Gasteiger partial charge in [-0.1, -0.05) is 49.4 Å². The number of hydrogen-bond donors (Lipinski definition) is 1. The van der Waals surface area contributed by atoms with E-state index in [0.717, 1.165) is 13.1 Å². The quantitative estimate of drug-likeness (QED) is 0.766. The molecule has 1 aromatic heterocycles. The number of benzene rings is 2. The van der Waals surface area contributed by atoms with Gasteiger partial charge in [0, 0.05) is 12.4 Å². The molecule has 1 N–H and O–H groups in total. The largest absolute Gasteiger partial charge is 0.309 e. The number of likely N-dealkylation sites (N-methyl/N-ethyl adjacent to an activating group) is 1. The summed E-state index contributed by atoms with van der Waals surface area (Å²) in [6, 6.07) is 17.3. The highest BCUT2D eigenvalue weighted by atomic mass is 15.3. The van der Waals surface area contributed by atoms with Gasteiger partial charge < -0.3 is 5.32 Å². The van der Waals surface area contributed by atoms with Crippen LogP contribution in [0.2, 0.25) is 0 Å². The Hall–Kier alpha value is -2.13. The minimum atomic E-state index is 0.269. The van der Waals surface area contributed by atoms with E-state index in [2.05, 4.69) is 59.8 Å². The molecule has 1 atom stereocenters. The Kier molecular flexibility index (Phi) is 3.79. The maximum Gasteiger partial charge on any atom is 0.0604 e. The highest BCUT2D eigenvalue weighted by Crippen LogP contribution is 2.25. The van der Waals surface area contributed by atoms with Crippen LogP contribution in [0.1, 0.15) is 18.5 Å². The zero-order valence-corrected chi connectivity index (χ0v) is 11.7. The lowest BCUT2D eigenvalue weighted by Gasteiger charge is -2.20. The molecular formula is C17H19N3. The van der Waals surface area contributed by atoms with Crippen LogP contribution in [0.15, 0.2) is 60.9 Å². The molecule has 20 heavy (non-hydrogen) atoms. The van der Waals surface area contributed by atoms with Gasteiger partial charge in [-0.05, 0) is 28.9 Å². The van der Waals surface area contributed by atoms with Crippen molar-refractivity contribution in [2.75, 3.05) is 6.54 Å². The number of fused-ring (bicyclic) bond motifs is 1. The summed E-state index contributed by atoms with van der Waals surface area (Å²) in [5.74, 6) is 0. The van der Waals surface area contributed by atoms with E-state index in [1.54, 1.807) is 0 Å². The standard InChI is InChI=1S/C17H19N3/c1-2-18-17(13-20-12-6-11-19-20)16-10-5-8-14-7-3-4-9-15(14)16/h3-12,17-18H,2,13H2,1H3. The third-order valence-electron chi connectivity index (χ3n) is 3.58. The molecule has 0 amide bonds. The Labute approximate surface area is 119 Å². The van der Waals surface area contributed by atoms with Crippen molar-refractivity contribution in [2.24, 2.45) is 0 Å². The van der Waals surface area contributed by atoms with Crippen molar-refractivity contribution in [2.45, 2.75) is 19.5 Å².